The first-order valence-corrected chi connectivity index (χ1v) is 12.5. The summed E-state index contributed by atoms with van der Waals surface area (Å²) in [4.78, 5) is 24.4. The summed E-state index contributed by atoms with van der Waals surface area (Å²) in [6.07, 6.45) is -1.83. The van der Waals surface area contributed by atoms with Gasteiger partial charge in [0.05, 0.1) is 5.69 Å². The highest BCUT2D eigenvalue weighted by Gasteiger charge is 2.24. The van der Waals surface area contributed by atoms with E-state index in [1.807, 2.05) is 66.7 Å². The fourth-order valence-electron chi connectivity index (χ4n) is 4.25. The largest absolute Gasteiger partial charge is 0.503 e. The van der Waals surface area contributed by atoms with E-state index in [0.29, 0.717) is 17.3 Å². The maximum atomic E-state index is 13.5. The van der Waals surface area contributed by atoms with Gasteiger partial charge in [0.15, 0.2) is 0 Å². The maximum Gasteiger partial charge on any atom is 0.503 e. The monoisotopic (exact) mass is 558 g/mol. The second-order valence-electron chi connectivity index (χ2n) is 8.28. The highest BCUT2D eigenvalue weighted by Crippen LogP contribution is 2.36. The Morgan fingerprint density at radius 3 is 2.05 bits per heavy atom. The molecule has 0 atom stereocenters. The Hall–Kier alpha value is -3.52. The molecule has 38 heavy (non-hydrogen) atoms. The van der Waals surface area contributed by atoms with Crippen LogP contribution in [0.5, 0.6) is 0 Å². The van der Waals surface area contributed by atoms with Crippen LogP contribution in [0.3, 0.4) is 0 Å². The molecule has 0 spiro atoms. The first-order chi connectivity index (χ1) is 17.8. The van der Waals surface area contributed by atoms with Gasteiger partial charge in [-0.1, -0.05) is 92.2 Å². The van der Waals surface area contributed by atoms with Gasteiger partial charge in [0.2, 0.25) is 0 Å². The standard InChI is InChI=1S/C28H29ClN2O2.CH2O3.ClH/c1-3-30(4-2)17-18-31-26(22-13-9-6-10-14-22)25-19-23(29)15-16-24(25)27(31)28(32)33-20-21-11-7-5-8-12-21;2-1(3)4;/h5-16,19H,3-4,17-18,20H2,1-2H3;(H2,2,3,4);1H. The second-order valence-corrected chi connectivity index (χ2v) is 8.71. The number of fused-ring (bicyclic) bond motifs is 1. The van der Waals surface area contributed by atoms with Crippen LogP contribution in [0.1, 0.15) is 29.9 Å². The summed E-state index contributed by atoms with van der Waals surface area (Å²) in [6, 6.07) is 25.6. The molecule has 0 aliphatic heterocycles. The zero-order valence-electron chi connectivity index (χ0n) is 21.3. The van der Waals surface area contributed by atoms with Crippen molar-refractivity contribution in [3.05, 3.63) is 95.1 Å². The molecule has 2 N–H and O–H groups in total. The van der Waals surface area contributed by atoms with E-state index in [2.05, 4.69) is 35.4 Å². The van der Waals surface area contributed by atoms with Crippen molar-refractivity contribution in [2.24, 2.45) is 0 Å². The SMILES string of the molecule is CCN(CC)CCn1c(C(=O)OCc2ccccc2)c2ccc(Cl)cc2c1-c1ccccc1.Cl.O=C(O)O. The van der Waals surface area contributed by atoms with E-state index in [1.54, 1.807) is 0 Å². The number of aromatic nitrogens is 1. The molecule has 0 unspecified atom stereocenters. The maximum absolute atomic E-state index is 13.5. The summed E-state index contributed by atoms with van der Waals surface area (Å²) in [5, 5.41) is 16.4. The summed E-state index contributed by atoms with van der Waals surface area (Å²) in [7, 11) is 0. The lowest BCUT2D eigenvalue weighted by atomic mass is 10.1. The van der Waals surface area contributed by atoms with Gasteiger partial charge in [-0.15, -0.1) is 12.4 Å². The second kappa shape index (κ2) is 15.0. The van der Waals surface area contributed by atoms with Crippen molar-refractivity contribution in [3.8, 4) is 11.3 Å². The number of benzene rings is 3. The molecule has 4 aromatic rings. The van der Waals surface area contributed by atoms with Crippen LogP contribution in [0.4, 0.5) is 4.79 Å². The van der Waals surface area contributed by atoms with Gasteiger partial charge in [-0.2, -0.15) is 0 Å². The van der Waals surface area contributed by atoms with Crippen molar-refractivity contribution in [3.63, 3.8) is 0 Å². The molecule has 1 aromatic heterocycles. The minimum absolute atomic E-state index is 0. The highest BCUT2D eigenvalue weighted by atomic mass is 35.5. The Balaban J connectivity index is 0.000000947. The van der Waals surface area contributed by atoms with E-state index in [-0.39, 0.29) is 25.0 Å². The van der Waals surface area contributed by atoms with E-state index in [1.165, 1.54) is 0 Å². The van der Waals surface area contributed by atoms with E-state index in [4.69, 9.17) is 31.3 Å². The molecule has 4 rings (SSSR count). The van der Waals surface area contributed by atoms with E-state index < -0.39 is 6.16 Å². The van der Waals surface area contributed by atoms with Crippen molar-refractivity contribution >= 4 is 46.9 Å². The molecule has 1 heterocycles. The van der Waals surface area contributed by atoms with Crippen molar-refractivity contribution in [2.75, 3.05) is 19.6 Å². The van der Waals surface area contributed by atoms with Crippen LogP contribution in [0.2, 0.25) is 5.02 Å². The minimum Gasteiger partial charge on any atom is -0.456 e. The first kappa shape index (κ1) is 30.7. The average molecular weight is 559 g/mol. The third-order valence-corrected chi connectivity index (χ3v) is 6.25. The summed E-state index contributed by atoms with van der Waals surface area (Å²) in [5.41, 5.74) is 3.57. The Morgan fingerprint density at radius 2 is 1.47 bits per heavy atom. The zero-order valence-corrected chi connectivity index (χ0v) is 22.9. The molecular weight excluding hydrogens is 527 g/mol. The number of halogens is 2. The molecule has 0 radical (unpaired) electrons. The lowest BCUT2D eigenvalue weighted by molar-refractivity contribution is 0.0462. The Labute approximate surface area is 233 Å². The van der Waals surface area contributed by atoms with Gasteiger partial charge in [-0.3, -0.25) is 0 Å². The molecule has 0 amide bonds. The van der Waals surface area contributed by atoms with Crippen molar-refractivity contribution in [2.45, 2.75) is 27.0 Å². The van der Waals surface area contributed by atoms with Crippen LogP contribution in [-0.2, 0) is 17.9 Å². The number of rotatable bonds is 9. The molecule has 202 valence electrons. The van der Waals surface area contributed by atoms with Crippen molar-refractivity contribution in [1.82, 2.24) is 9.47 Å². The average Bonchev–Trinajstić information content (AvgIpc) is 3.22. The number of carbonyl (C=O) groups excluding carboxylic acids is 1. The Bertz CT molecular complexity index is 1320. The molecule has 0 saturated carbocycles. The van der Waals surface area contributed by atoms with Gasteiger partial charge in [0, 0.05) is 28.9 Å². The predicted octanol–water partition coefficient (Wildman–Crippen LogP) is 7.30. The number of hydrogen-bond acceptors (Lipinski definition) is 4. The quantitative estimate of drug-likeness (QED) is 0.209. The van der Waals surface area contributed by atoms with Gasteiger partial charge in [-0.05, 0) is 36.3 Å². The molecule has 3 aromatic carbocycles. The topological polar surface area (TPSA) is 92.0 Å². The molecule has 0 aliphatic rings. The highest BCUT2D eigenvalue weighted by molar-refractivity contribution is 6.31. The smallest absolute Gasteiger partial charge is 0.456 e. The molecular formula is C29H32Cl2N2O5. The fraction of sp³-hybridized carbons (Fsp3) is 0.241. The Morgan fingerprint density at radius 1 is 0.895 bits per heavy atom. The van der Waals surface area contributed by atoms with Gasteiger partial charge in [0.25, 0.3) is 0 Å². The number of carboxylic acid groups (broad SMARTS) is 2. The van der Waals surface area contributed by atoms with E-state index >= 15 is 0 Å². The molecule has 0 fully saturated rings. The van der Waals surface area contributed by atoms with Crippen molar-refractivity contribution < 1.29 is 24.5 Å². The van der Waals surface area contributed by atoms with Crippen LogP contribution in [0, 0.1) is 0 Å². The molecule has 7 nitrogen and oxygen atoms in total. The predicted molar refractivity (Wildman–Crippen MR) is 154 cm³/mol. The first-order valence-electron chi connectivity index (χ1n) is 12.1. The third kappa shape index (κ3) is 7.99. The molecule has 0 aliphatic carbocycles. The van der Waals surface area contributed by atoms with Crippen LogP contribution in [0.15, 0.2) is 78.9 Å². The van der Waals surface area contributed by atoms with E-state index in [9.17, 15) is 4.79 Å². The minimum atomic E-state index is -1.83. The fourth-order valence-corrected chi connectivity index (χ4v) is 4.42. The van der Waals surface area contributed by atoms with Crippen molar-refractivity contribution in [1.29, 1.82) is 0 Å². The van der Waals surface area contributed by atoms with E-state index in [0.717, 1.165) is 47.2 Å². The van der Waals surface area contributed by atoms with Gasteiger partial charge in [0.1, 0.15) is 12.3 Å². The lowest BCUT2D eigenvalue weighted by Gasteiger charge is -2.21. The Kier molecular flexibility index (Phi) is 12.1. The number of esters is 1. The van der Waals surface area contributed by atoms with Crippen LogP contribution >= 0.6 is 24.0 Å². The molecule has 0 bridgehead atoms. The van der Waals surface area contributed by atoms with Gasteiger partial charge in [-0.25, -0.2) is 9.59 Å². The number of ether oxygens (including phenoxy) is 1. The lowest BCUT2D eigenvalue weighted by Crippen LogP contribution is -2.28. The van der Waals surface area contributed by atoms with Crippen LogP contribution in [-0.4, -0.2) is 51.4 Å². The number of nitrogens with zero attached hydrogens (tertiary/aromatic N) is 2. The zero-order chi connectivity index (χ0) is 26.8. The van der Waals surface area contributed by atoms with Crippen LogP contribution in [0.25, 0.3) is 22.0 Å². The number of hydrogen-bond donors (Lipinski definition) is 2. The summed E-state index contributed by atoms with van der Waals surface area (Å²) in [6.45, 7) is 7.96. The number of carbonyl (C=O) groups is 2. The third-order valence-electron chi connectivity index (χ3n) is 6.02. The summed E-state index contributed by atoms with van der Waals surface area (Å²) in [5.74, 6) is -0.326. The van der Waals surface area contributed by atoms with Gasteiger partial charge < -0.3 is 24.4 Å². The summed E-state index contributed by atoms with van der Waals surface area (Å²) < 4.78 is 7.91. The normalized spacial score (nSPS) is 10.4. The van der Waals surface area contributed by atoms with Crippen LogP contribution < -0.4 is 0 Å². The number of likely N-dealkylation sites (N-methyl/N-ethyl adjacent to an activating group) is 1. The molecule has 9 heteroatoms. The van der Waals surface area contributed by atoms with Gasteiger partial charge >= 0.3 is 12.1 Å². The molecule has 0 saturated heterocycles. The summed E-state index contributed by atoms with van der Waals surface area (Å²) >= 11 is 6.40.